The molecule has 1 aliphatic carbocycles. The van der Waals surface area contributed by atoms with Crippen molar-refractivity contribution >= 4 is 0 Å². The van der Waals surface area contributed by atoms with Gasteiger partial charge in [-0.25, -0.2) is 0 Å². The summed E-state index contributed by atoms with van der Waals surface area (Å²) < 4.78 is 5.28. The van der Waals surface area contributed by atoms with Gasteiger partial charge in [0.2, 0.25) is 0 Å². The monoisotopic (exact) mass is 268 g/mol. The molecule has 112 valence electrons. The maximum absolute atomic E-state index is 6.15. The van der Waals surface area contributed by atoms with Gasteiger partial charge in [-0.3, -0.25) is 0 Å². The molecule has 3 nitrogen and oxygen atoms in total. The van der Waals surface area contributed by atoms with E-state index < -0.39 is 0 Å². The highest BCUT2D eigenvalue weighted by Gasteiger charge is 2.36. The molecule has 0 bridgehead atoms. The third-order valence-electron chi connectivity index (χ3n) is 5.29. The Bertz CT molecular complexity index is 263. The van der Waals surface area contributed by atoms with Crippen LogP contribution in [0.5, 0.6) is 0 Å². The number of rotatable bonds is 5. The zero-order valence-electron chi connectivity index (χ0n) is 12.9. The zero-order chi connectivity index (χ0) is 13.7. The van der Waals surface area contributed by atoms with Crippen LogP contribution in [0.1, 0.15) is 45.4 Å². The fraction of sp³-hybridized carbons (Fsp3) is 1.00. The fourth-order valence-electron chi connectivity index (χ4n) is 4.18. The largest absolute Gasteiger partial charge is 0.384 e. The van der Waals surface area contributed by atoms with Crippen LogP contribution in [0.3, 0.4) is 0 Å². The van der Waals surface area contributed by atoms with E-state index in [1.807, 2.05) is 7.11 Å². The lowest BCUT2D eigenvalue weighted by molar-refractivity contribution is 0.0508. The highest BCUT2D eigenvalue weighted by molar-refractivity contribution is 4.90. The summed E-state index contributed by atoms with van der Waals surface area (Å²) in [5.41, 5.74) is 6.55. The van der Waals surface area contributed by atoms with E-state index in [4.69, 9.17) is 10.5 Å². The van der Waals surface area contributed by atoms with Crippen LogP contribution in [0.2, 0.25) is 0 Å². The molecular weight excluding hydrogens is 236 g/mol. The van der Waals surface area contributed by atoms with Crippen molar-refractivity contribution in [1.29, 1.82) is 0 Å². The zero-order valence-corrected chi connectivity index (χ0v) is 12.9. The summed E-state index contributed by atoms with van der Waals surface area (Å²) in [4.78, 5) is 2.66. The molecule has 1 aliphatic heterocycles. The minimum Gasteiger partial charge on any atom is -0.384 e. The number of likely N-dealkylation sites (tertiary alicyclic amines) is 1. The Morgan fingerprint density at radius 2 is 2.00 bits per heavy atom. The van der Waals surface area contributed by atoms with Gasteiger partial charge >= 0.3 is 0 Å². The molecule has 2 aliphatic rings. The van der Waals surface area contributed by atoms with Crippen LogP contribution in [0, 0.1) is 17.3 Å². The van der Waals surface area contributed by atoms with Crippen molar-refractivity contribution in [1.82, 2.24) is 4.90 Å². The molecule has 3 heteroatoms. The first kappa shape index (κ1) is 15.3. The SMILES string of the molecule is COCC1CCN(CC2(CN)CCCC(C)C2)CC1. The average molecular weight is 268 g/mol. The molecule has 1 saturated carbocycles. The minimum absolute atomic E-state index is 0.408. The van der Waals surface area contributed by atoms with Crippen molar-refractivity contribution < 1.29 is 4.74 Å². The highest BCUT2D eigenvalue weighted by atomic mass is 16.5. The van der Waals surface area contributed by atoms with E-state index in [9.17, 15) is 0 Å². The summed E-state index contributed by atoms with van der Waals surface area (Å²) in [6, 6.07) is 0. The first-order valence-electron chi connectivity index (χ1n) is 8.09. The maximum atomic E-state index is 6.15. The fourth-order valence-corrected chi connectivity index (χ4v) is 4.18. The molecule has 0 amide bonds. The second-order valence-electron chi connectivity index (χ2n) is 7.08. The summed E-state index contributed by atoms with van der Waals surface area (Å²) in [5, 5.41) is 0. The van der Waals surface area contributed by atoms with Crippen molar-refractivity contribution in [2.75, 3.05) is 39.9 Å². The molecule has 0 aromatic heterocycles. The van der Waals surface area contributed by atoms with Gasteiger partial charge in [0.1, 0.15) is 0 Å². The van der Waals surface area contributed by atoms with Crippen molar-refractivity contribution in [2.45, 2.75) is 45.4 Å². The third kappa shape index (κ3) is 4.17. The second-order valence-corrected chi connectivity index (χ2v) is 7.08. The smallest absolute Gasteiger partial charge is 0.0491 e. The number of piperidine rings is 1. The molecule has 0 aromatic carbocycles. The first-order chi connectivity index (χ1) is 9.17. The average Bonchev–Trinajstić information content (AvgIpc) is 2.41. The predicted octanol–water partition coefficient (Wildman–Crippen LogP) is 2.50. The van der Waals surface area contributed by atoms with Gasteiger partial charge in [0.15, 0.2) is 0 Å². The molecule has 1 heterocycles. The molecule has 0 aromatic rings. The summed E-state index contributed by atoms with van der Waals surface area (Å²) >= 11 is 0. The molecule has 2 rings (SSSR count). The van der Waals surface area contributed by atoms with Crippen LogP contribution in [0.25, 0.3) is 0 Å². The second kappa shape index (κ2) is 7.05. The normalized spacial score (nSPS) is 34.6. The summed E-state index contributed by atoms with van der Waals surface area (Å²) in [6.45, 7) is 7.92. The topological polar surface area (TPSA) is 38.5 Å². The van der Waals surface area contributed by atoms with Crippen molar-refractivity contribution in [3.05, 3.63) is 0 Å². The number of nitrogens with zero attached hydrogens (tertiary/aromatic N) is 1. The number of hydrogen-bond acceptors (Lipinski definition) is 3. The van der Waals surface area contributed by atoms with E-state index in [-0.39, 0.29) is 0 Å². The number of hydrogen-bond donors (Lipinski definition) is 1. The van der Waals surface area contributed by atoms with E-state index in [2.05, 4.69) is 11.8 Å². The Morgan fingerprint density at radius 1 is 1.26 bits per heavy atom. The highest BCUT2D eigenvalue weighted by Crippen LogP contribution is 2.39. The molecule has 19 heavy (non-hydrogen) atoms. The van der Waals surface area contributed by atoms with Gasteiger partial charge in [-0.2, -0.15) is 0 Å². The Hall–Kier alpha value is -0.120. The van der Waals surface area contributed by atoms with Crippen molar-refractivity contribution in [3.8, 4) is 0 Å². The van der Waals surface area contributed by atoms with Crippen LogP contribution < -0.4 is 5.73 Å². The molecule has 2 N–H and O–H groups in total. The van der Waals surface area contributed by atoms with Gasteiger partial charge in [-0.1, -0.05) is 19.8 Å². The lowest BCUT2D eigenvalue weighted by Gasteiger charge is -2.44. The van der Waals surface area contributed by atoms with Gasteiger partial charge in [-0.15, -0.1) is 0 Å². The number of methoxy groups -OCH3 is 1. The Labute approximate surface area is 118 Å². The minimum atomic E-state index is 0.408. The van der Waals surface area contributed by atoms with E-state index >= 15 is 0 Å². The first-order valence-corrected chi connectivity index (χ1v) is 8.09. The van der Waals surface area contributed by atoms with Gasteiger partial charge in [0.05, 0.1) is 0 Å². The standard InChI is InChI=1S/C16H32N2O/c1-14-4-3-7-16(10-14,12-17)13-18-8-5-15(6-9-18)11-19-2/h14-15H,3-13,17H2,1-2H3. The Balaban J connectivity index is 1.82. The van der Waals surface area contributed by atoms with Crippen LogP contribution in [-0.2, 0) is 4.74 Å². The lowest BCUT2D eigenvalue weighted by Crippen LogP contribution is -2.47. The third-order valence-corrected chi connectivity index (χ3v) is 5.29. The molecule has 2 atom stereocenters. The predicted molar refractivity (Wildman–Crippen MR) is 80.2 cm³/mol. The van der Waals surface area contributed by atoms with Gasteiger partial charge in [-0.05, 0) is 62.6 Å². The quantitative estimate of drug-likeness (QED) is 0.832. The summed E-state index contributed by atoms with van der Waals surface area (Å²) in [7, 11) is 1.82. The molecular formula is C16H32N2O. The number of nitrogens with two attached hydrogens (primary N) is 1. The van der Waals surface area contributed by atoms with E-state index in [1.165, 1.54) is 58.2 Å². The molecule has 0 spiro atoms. The van der Waals surface area contributed by atoms with E-state index in [1.54, 1.807) is 0 Å². The summed E-state index contributed by atoms with van der Waals surface area (Å²) in [5.74, 6) is 1.64. The molecule has 1 saturated heterocycles. The number of ether oxygens (including phenoxy) is 1. The van der Waals surface area contributed by atoms with Crippen molar-refractivity contribution in [2.24, 2.45) is 23.0 Å². The lowest BCUT2D eigenvalue weighted by atomic mass is 9.69. The van der Waals surface area contributed by atoms with Crippen LogP contribution >= 0.6 is 0 Å². The van der Waals surface area contributed by atoms with Gasteiger partial charge < -0.3 is 15.4 Å². The van der Waals surface area contributed by atoms with E-state index in [0.29, 0.717) is 5.41 Å². The van der Waals surface area contributed by atoms with E-state index in [0.717, 1.165) is 25.0 Å². The van der Waals surface area contributed by atoms with Gasteiger partial charge in [0, 0.05) is 20.3 Å². The van der Waals surface area contributed by atoms with Crippen molar-refractivity contribution in [3.63, 3.8) is 0 Å². The molecule has 2 fully saturated rings. The van der Waals surface area contributed by atoms with Gasteiger partial charge in [0.25, 0.3) is 0 Å². The van der Waals surface area contributed by atoms with Crippen LogP contribution in [0.4, 0.5) is 0 Å². The summed E-state index contributed by atoms with van der Waals surface area (Å²) in [6.07, 6.45) is 8.04. The Kier molecular flexibility index (Phi) is 5.67. The van der Waals surface area contributed by atoms with Crippen LogP contribution in [-0.4, -0.2) is 44.8 Å². The molecule has 0 radical (unpaired) electrons. The van der Waals surface area contributed by atoms with Crippen LogP contribution in [0.15, 0.2) is 0 Å². The molecule has 2 unspecified atom stereocenters. The maximum Gasteiger partial charge on any atom is 0.0491 e. The Morgan fingerprint density at radius 3 is 2.58 bits per heavy atom.